The van der Waals surface area contributed by atoms with Crippen LogP contribution in [-0.2, 0) is 0 Å². The molecule has 2 rings (SSSR count). The molecule has 0 bridgehead atoms. The SMILES string of the molecule is CCCCOc1ccc(N2CCNCC2)c(C)c1. The number of ether oxygens (including phenoxy) is 1. The Hall–Kier alpha value is -1.22. The Morgan fingerprint density at radius 3 is 2.72 bits per heavy atom. The van der Waals surface area contributed by atoms with E-state index >= 15 is 0 Å². The number of unbranched alkanes of at least 4 members (excludes halogenated alkanes) is 1. The maximum Gasteiger partial charge on any atom is 0.119 e. The summed E-state index contributed by atoms with van der Waals surface area (Å²) >= 11 is 0. The second kappa shape index (κ2) is 6.64. The maximum absolute atomic E-state index is 5.74. The molecule has 1 fully saturated rings. The summed E-state index contributed by atoms with van der Waals surface area (Å²) in [6.45, 7) is 9.52. The molecule has 0 aromatic heterocycles. The summed E-state index contributed by atoms with van der Waals surface area (Å²) in [5.41, 5.74) is 2.66. The third-order valence-electron chi connectivity index (χ3n) is 3.39. The molecule has 0 spiro atoms. The monoisotopic (exact) mass is 248 g/mol. The minimum absolute atomic E-state index is 0.822. The van der Waals surface area contributed by atoms with Crippen LogP contribution in [0.4, 0.5) is 5.69 Å². The topological polar surface area (TPSA) is 24.5 Å². The molecule has 3 heteroatoms. The van der Waals surface area contributed by atoms with Crippen LogP contribution in [0.25, 0.3) is 0 Å². The van der Waals surface area contributed by atoms with Gasteiger partial charge in [0.2, 0.25) is 0 Å². The first kappa shape index (κ1) is 13.2. The lowest BCUT2D eigenvalue weighted by atomic mass is 10.1. The number of aryl methyl sites for hydroxylation is 1. The number of anilines is 1. The summed E-state index contributed by atoms with van der Waals surface area (Å²) in [6, 6.07) is 6.45. The quantitative estimate of drug-likeness (QED) is 0.811. The number of hydrogen-bond donors (Lipinski definition) is 1. The molecule has 0 atom stereocenters. The number of piperazine rings is 1. The van der Waals surface area contributed by atoms with Gasteiger partial charge in [0.25, 0.3) is 0 Å². The second-order valence-electron chi connectivity index (χ2n) is 4.89. The first-order valence-electron chi connectivity index (χ1n) is 7.00. The lowest BCUT2D eigenvalue weighted by Gasteiger charge is -2.30. The van der Waals surface area contributed by atoms with Gasteiger partial charge in [0, 0.05) is 31.9 Å². The van der Waals surface area contributed by atoms with Gasteiger partial charge in [0.05, 0.1) is 6.61 Å². The Morgan fingerprint density at radius 1 is 1.28 bits per heavy atom. The predicted octanol–water partition coefficient (Wildman–Crippen LogP) is 2.58. The van der Waals surface area contributed by atoms with Crippen LogP contribution in [-0.4, -0.2) is 32.8 Å². The average Bonchev–Trinajstić information content (AvgIpc) is 2.40. The Labute approximate surface area is 110 Å². The first-order valence-corrected chi connectivity index (χ1v) is 7.00. The molecule has 0 radical (unpaired) electrons. The van der Waals surface area contributed by atoms with Gasteiger partial charge >= 0.3 is 0 Å². The molecular weight excluding hydrogens is 224 g/mol. The number of benzene rings is 1. The summed E-state index contributed by atoms with van der Waals surface area (Å²) in [5.74, 6) is 1.000. The van der Waals surface area contributed by atoms with Crippen molar-refractivity contribution in [2.45, 2.75) is 26.7 Å². The lowest BCUT2D eigenvalue weighted by molar-refractivity contribution is 0.309. The zero-order valence-corrected chi connectivity index (χ0v) is 11.5. The van der Waals surface area contributed by atoms with E-state index in [1.54, 1.807) is 0 Å². The van der Waals surface area contributed by atoms with E-state index in [4.69, 9.17) is 4.74 Å². The Morgan fingerprint density at radius 2 is 2.06 bits per heavy atom. The van der Waals surface area contributed by atoms with Gasteiger partial charge in [-0.3, -0.25) is 0 Å². The number of rotatable bonds is 5. The van der Waals surface area contributed by atoms with Gasteiger partial charge in [-0.15, -0.1) is 0 Å². The van der Waals surface area contributed by atoms with Crippen molar-refractivity contribution in [2.24, 2.45) is 0 Å². The maximum atomic E-state index is 5.74. The van der Waals surface area contributed by atoms with E-state index in [9.17, 15) is 0 Å². The van der Waals surface area contributed by atoms with Crippen LogP contribution in [0.5, 0.6) is 5.75 Å². The minimum Gasteiger partial charge on any atom is -0.494 e. The Bertz CT molecular complexity index is 373. The molecule has 1 saturated heterocycles. The smallest absolute Gasteiger partial charge is 0.119 e. The van der Waals surface area contributed by atoms with Crippen LogP contribution < -0.4 is 15.0 Å². The van der Waals surface area contributed by atoms with Crippen molar-refractivity contribution in [3.8, 4) is 5.75 Å². The average molecular weight is 248 g/mol. The van der Waals surface area contributed by atoms with Gasteiger partial charge in [0.15, 0.2) is 0 Å². The number of hydrogen-bond acceptors (Lipinski definition) is 3. The van der Waals surface area contributed by atoms with Crippen molar-refractivity contribution < 1.29 is 4.74 Å². The third kappa shape index (κ3) is 3.39. The minimum atomic E-state index is 0.822. The van der Waals surface area contributed by atoms with E-state index in [0.29, 0.717) is 0 Å². The lowest BCUT2D eigenvalue weighted by Crippen LogP contribution is -2.43. The highest BCUT2D eigenvalue weighted by molar-refractivity contribution is 5.56. The zero-order valence-electron chi connectivity index (χ0n) is 11.5. The van der Waals surface area contributed by atoms with Gasteiger partial charge in [-0.05, 0) is 37.1 Å². The van der Waals surface area contributed by atoms with Crippen molar-refractivity contribution in [3.63, 3.8) is 0 Å². The fraction of sp³-hybridized carbons (Fsp3) is 0.600. The molecule has 1 heterocycles. The molecule has 18 heavy (non-hydrogen) atoms. The van der Waals surface area contributed by atoms with Crippen LogP contribution in [0.15, 0.2) is 18.2 Å². The van der Waals surface area contributed by atoms with Gasteiger partial charge in [-0.25, -0.2) is 0 Å². The van der Waals surface area contributed by atoms with Crippen molar-refractivity contribution in [1.82, 2.24) is 5.32 Å². The van der Waals surface area contributed by atoms with Crippen molar-refractivity contribution in [3.05, 3.63) is 23.8 Å². The summed E-state index contributed by atoms with van der Waals surface area (Å²) in [7, 11) is 0. The van der Waals surface area contributed by atoms with Gasteiger partial charge < -0.3 is 15.0 Å². The molecule has 3 nitrogen and oxygen atoms in total. The van der Waals surface area contributed by atoms with Crippen molar-refractivity contribution in [2.75, 3.05) is 37.7 Å². The fourth-order valence-corrected chi connectivity index (χ4v) is 2.31. The highest BCUT2D eigenvalue weighted by atomic mass is 16.5. The molecule has 0 saturated carbocycles. The van der Waals surface area contributed by atoms with E-state index < -0.39 is 0 Å². The molecular formula is C15H24N2O. The molecule has 100 valence electrons. The van der Waals surface area contributed by atoms with E-state index in [-0.39, 0.29) is 0 Å². The molecule has 1 aliphatic heterocycles. The van der Waals surface area contributed by atoms with Gasteiger partial charge in [-0.1, -0.05) is 13.3 Å². The third-order valence-corrected chi connectivity index (χ3v) is 3.39. The second-order valence-corrected chi connectivity index (χ2v) is 4.89. The van der Waals surface area contributed by atoms with Gasteiger partial charge in [-0.2, -0.15) is 0 Å². The molecule has 1 aliphatic rings. The van der Waals surface area contributed by atoms with E-state index in [1.165, 1.54) is 17.7 Å². The first-order chi connectivity index (χ1) is 8.81. The van der Waals surface area contributed by atoms with Crippen LogP contribution >= 0.6 is 0 Å². The van der Waals surface area contributed by atoms with Crippen LogP contribution in [0.3, 0.4) is 0 Å². The number of nitrogens with one attached hydrogen (secondary N) is 1. The zero-order chi connectivity index (χ0) is 12.8. The number of nitrogens with zero attached hydrogens (tertiary/aromatic N) is 1. The molecule has 1 N–H and O–H groups in total. The Balaban J connectivity index is 2.00. The predicted molar refractivity (Wildman–Crippen MR) is 76.7 cm³/mol. The van der Waals surface area contributed by atoms with Crippen LogP contribution in [0, 0.1) is 6.92 Å². The highest BCUT2D eigenvalue weighted by Crippen LogP contribution is 2.25. The summed E-state index contributed by atoms with van der Waals surface area (Å²) in [4.78, 5) is 2.45. The van der Waals surface area contributed by atoms with Crippen molar-refractivity contribution in [1.29, 1.82) is 0 Å². The van der Waals surface area contributed by atoms with Gasteiger partial charge in [0.1, 0.15) is 5.75 Å². The van der Waals surface area contributed by atoms with Crippen molar-refractivity contribution >= 4 is 5.69 Å². The molecule has 0 aliphatic carbocycles. The van der Waals surface area contributed by atoms with E-state index in [0.717, 1.165) is 45.0 Å². The molecule has 1 aromatic rings. The summed E-state index contributed by atoms with van der Waals surface area (Å²) in [5, 5.41) is 3.38. The molecule has 0 unspecified atom stereocenters. The normalized spacial score (nSPS) is 15.8. The van der Waals surface area contributed by atoms with Crippen LogP contribution in [0.2, 0.25) is 0 Å². The molecule has 1 aromatic carbocycles. The summed E-state index contributed by atoms with van der Waals surface area (Å²) in [6.07, 6.45) is 2.30. The fourth-order valence-electron chi connectivity index (χ4n) is 2.31. The van der Waals surface area contributed by atoms with E-state index in [2.05, 4.69) is 42.3 Å². The standard InChI is InChI=1S/C15H24N2O/c1-3-4-11-18-14-5-6-15(13(2)12-14)17-9-7-16-8-10-17/h5-6,12,16H,3-4,7-11H2,1-2H3. The highest BCUT2D eigenvalue weighted by Gasteiger charge is 2.12. The molecule has 0 amide bonds. The van der Waals surface area contributed by atoms with Crippen LogP contribution in [0.1, 0.15) is 25.3 Å². The summed E-state index contributed by atoms with van der Waals surface area (Å²) < 4.78 is 5.74. The van der Waals surface area contributed by atoms with E-state index in [1.807, 2.05) is 0 Å². The largest absolute Gasteiger partial charge is 0.494 e. The Kier molecular flexibility index (Phi) is 4.88.